The second-order valence-corrected chi connectivity index (χ2v) is 4.71. The van der Waals surface area contributed by atoms with Crippen molar-refractivity contribution in [3.8, 4) is 0 Å². The van der Waals surface area contributed by atoms with E-state index in [0.717, 1.165) is 0 Å². The van der Waals surface area contributed by atoms with E-state index in [-0.39, 0.29) is 12.4 Å². The summed E-state index contributed by atoms with van der Waals surface area (Å²) in [5, 5.41) is 11.1. The minimum absolute atomic E-state index is 0.209. The van der Waals surface area contributed by atoms with E-state index >= 15 is 0 Å². The van der Waals surface area contributed by atoms with Crippen LogP contribution in [0.15, 0.2) is 5.16 Å². The van der Waals surface area contributed by atoms with Crippen molar-refractivity contribution in [1.29, 1.82) is 0 Å². The van der Waals surface area contributed by atoms with Crippen molar-refractivity contribution in [3.05, 3.63) is 0 Å². The molecule has 7 nitrogen and oxygen atoms in total. The van der Waals surface area contributed by atoms with Gasteiger partial charge in [0, 0.05) is 6.54 Å². The van der Waals surface area contributed by atoms with E-state index in [9.17, 15) is 8.42 Å². The number of amidine groups is 1. The van der Waals surface area contributed by atoms with Gasteiger partial charge in [-0.25, -0.2) is 4.72 Å². The molecule has 0 radical (unpaired) electrons. The average molecular weight is 224 g/mol. The summed E-state index contributed by atoms with van der Waals surface area (Å²) in [6.45, 7) is 4.88. The Balaban J connectivity index is 4.67. The smallest absolute Gasteiger partial charge is 0.277 e. The summed E-state index contributed by atoms with van der Waals surface area (Å²) in [5.74, 6) is -0.209. The second kappa shape index (κ2) is 4.58. The Hall–Kier alpha value is -0.860. The zero-order valence-electron chi connectivity index (χ0n) is 8.40. The highest BCUT2D eigenvalue weighted by atomic mass is 32.2. The molecule has 0 atom stereocenters. The van der Waals surface area contributed by atoms with Crippen LogP contribution in [0.5, 0.6) is 0 Å². The second-order valence-electron chi connectivity index (χ2n) is 3.21. The fraction of sp³-hybridized carbons (Fsp3) is 0.833. The molecular weight excluding hydrogens is 208 g/mol. The van der Waals surface area contributed by atoms with Crippen LogP contribution in [0.2, 0.25) is 0 Å². The Bertz CT molecular complexity index is 309. The molecule has 0 bridgehead atoms. The third kappa shape index (κ3) is 3.90. The normalized spacial score (nSPS) is 14.4. The molecule has 5 N–H and O–H groups in total. The Kier molecular flexibility index (Phi) is 4.30. The van der Waals surface area contributed by atoms with Crippen LogP contribution in [-0.4, -0.2) is 31.5 Å². The first kappa shape index (κ1) is 13.1. The van der Waals surface area contributed by atoms with E-state index in [1.54, 1.807) is 6.92 Å². The summed E-state index contributed by atoms with van der Waals surface area (Å²) < 4.78 is 27.0. The van der Waals surface area contributed by atoms with Gasteiger partial charge in [-0.15, -0.1) is 0 Å². The van der Waals surface area contributed by atoms with Gasteiger partial charge in [-0.3, -0.25) is 0 Å². The maximum atomic E-state index is 11.3. The van der Waals surface area contributed by atoms with Crippen LogP contribution in [-0.2, 0) is 10.2 Å². The molecule has 0 aromatic heterocycles. The molecule has 0 fully saturated rings. The van der Waals surface area contributed by atoms with Gasteiger partial charge in [0.25, 0.3) is 10.2 Å². The number of hydrogen-bond acceptors (Lipinski definition) is 4. The first-order valence-electron chi connectivity index (χ1n) is 4.01. The largest absolute Gasteiger partial charge is 0.409 e. The molecule has 0 aliphatic rings. The summed E-state index contributed by atoms with van der Waals surface area (Å²) in [4.78, 5) is 0. The number of rotatable bonds is 5. The summed E-state index contributed by atoms with van der Waals surface area (Å²) >= 11 is 0. The molecule has 8 heteroatoms. The van der Waals surface area contributed by atoms with Crippen LogP contribution in [0, 0.1) is 0 Å². The molecule has 84 valence electrons. The van der Waals surface area contributed by atoms with E-state index in [2.05, 4.69) is 14.6 Å². The first-order valence-corrected chi connectivity index (χ1v) is 5.50. The van der Waals surface area contributed by atoms with Crippen molar-refractivity contribution < 1.29 is 13.6 Å². The van der Waals surface area contributed by atoms with E-state index in [1.165, 1.54) is 13.8 Å². The average Bonchev–Trinajstić information content (AvgIpc) is 2.00. The Labute approximate surface area is 83.5 Å². The Morgan fingerprint density at radius 3 is 2.43 bits per heavy atom. The lowest BCUT2D eigenvalue weighted by Gasteiger charge is -2.23. The molecule has 0 aromatic rings. The van der Waals surface area contributed by atoms with Crippen molar-refractivity contribution in [2.75, 3.05) is 6.54 Å². The minimum Gasteiger partial charge on any atom is -0.409 e. The van der Waals surface area contributed by atoms with Gasteiger partial charge in [0.1, 0.15) is 0 Å². The Morgan fingerprint density at radius 1 is 1.57 bits per heavy atom. The van der Waals surface area contributed by atoms with Crippen molar-refractivity contribution in [2.45, 2.75) is 26.3 Å². The van der Waals surface area contributed by atoms with Gasteiger partial charge in [0.05, 0.1) is 5.54 Å². The van der Waals surface area contributed by atoms with Gasteiger partial charge in [-0.05, 0) is 13.8 Å². The molecule has 0 saturated carbocycles. The zero-order chi connectivity index (χ0) is 11.4. The highest BCUT2D eigenvalue weighted by molar-refractivity contribution is 7.87. The van der Waals surface area contributed by atoms with Crippen LogP contribution in [0.4, 0.5) is 0 Å². The van der Waals surface area contributed by atoms with Gasteiger partial charge in [0.15, 0.2) is 5.84 Å². The molecule has 14 heavy (non-hydrogen) atoms. The van der Waals surface area contributed by atoms with E-state index < -0.39 is 15.7 Å². The lowest BCUT2D eigenvalue weighted by Crippen LogP contribution is -2.55. The van der Waals surface area contributed by atoms with Gasteiger partial charge in [0.2, 0.25) is 0 Å². The summed E-state index contributed by atoms with van der Waals surface area (Å²) in [6.07, 6.45) is 0. The van der Waals surface area contributed by atoms with E-state index in [4.69, 9.17) is 10.9 Å². The fourth-order valence-electron chi connectivity index (χ4n) is 0.739. The SMILES string of the molecule is CCNS(=O)(=O)NC(C)(C)C(N)=NO. The third-order valence-electron chi connectivity index (χ3n) is 1.47. The molecule has 0 heterocycles. The number of nitrogens with two attached hydrogens (primary N) is 1. The minimum atomic E-state index is -3.62. The van der Waals surface area contributed by atoms with Crippen molar-refractivity contribution in [3.63, 3.8) is 0 Å². The maximum absolute atomic E-state index is 11.3. The number of hydrogen-bond donors (Lipinski definition) is 4. The third-order valence-corrected chi connectivity index (χ3v) is 2.92. The monoisotopic (exact) mass is 224 g/mol. The summed E-state index contributed by atoms with van der Waals surface area (Å²) in [5.41, 5.74) is 4.17. The van der Waals surface area contributed by atoms with E-state index in [1.807, 2.05) is 0 Å². The topological polar surface area (TPSA) is 117 Å². The number of nitrogens with one attached hydrogen (secondary N) is 2. The maximum Gasteiger partial charge on any atom is 0.277 e. The van der Waals surface area contributed by atoms with Crippen LogP contribution < -0.4 is 15.2 Å². The Morgan fingerprint density at radius 2 is 2.07 bits per heavy atom. The van der Waals surface area contributed by atoms with Crippen LogP contribution in [0.3, 0.4) is 0 Å². The summed E-state index contributed by atoms with van der Waals surface area (Å²) in [7, 11) is -3.62. The molecular formula is C6H16N4O3S. The first-order chi connectivity index (χ1) is 6.25. The molecule has 0 aliphatic heterocycles. The van der Waals surface area contributed by atoms with Crippen molar-refractivity contribution >= 4 is 16.0 Å². The predicted molar refractivity (Wildman–Crippen MR) is 53.2 cm³/mol. The van der Waals surface area contributed by atoms with Gasteiger partial charge < -0.3 is 10.9 Å². The van der Waals surface area contributed by atoms with Gasteiger partial charge in [-0.2, -0.15) is 13.1 Å². The standard InChI is InChI=1S/C6H16N4O3S/c1-4-8-14(12,13)10-6(2,3)5(7)9-11/h8,10-11H,4H2,1-3H3,(H2,7,9). The van der Waals surface area contributed by atoms with Crippen molar-refractivity contribution in [2.24, 2.45) is 10.9 Å². The zero-order valence-corrected chi connectivity index (χ0v) is 9.22. The number of oxime groups is 1. The lowest BCUT2D eigenvalue weighted by molar-refractivity contribution is 0.312. The highest BCUT2D eigenvalue weighted by Gasteiger charge is 2.28. The molecule has 0 unspecified atom stereocenters. The quantitative estimate of drug-likeness (QED) is 0.206. The molecule has 0 aromatic carbocycles. The van der Waals surface area contributed by atoms with Crippen LogP contribution in [0.1, 0.15) is 20.8 Å². The molecule has 0 aliphatic carbocycles. The predicted octanol–water partition coefficient (Wildman–Crippen LogP) is -1.04. The summed E-state index contributed by atoms with van der Waals surface area (Å²) in [6, 6.07) is 0. The van der Waals surface area contributed by atoms with Gasteiger partial charge in [-0.1, -0.05) is 12.1 Å². The molecule has 0 spiro atoms. The van der Waals surface area contributed by atoms with Crippen LogP contribution >= 0.6 is 0 Å². The van der Waals surface area contributed by atoms with Gasteiger partial charge >= 0.3 is 0 Å². The van der Waals surface area contributed by atoms with E-state index in [0.29, 0.717) is 0 Å². The lowest BCUT2D eigenvalue weighted by atomic mass is 10.1. The number of nitrogens with zero attached hydrogens (tertiary/aromatic N) is 1. The van der Waals surface area contributed by atoms with Crippen LogP contribution in [0.25, 0.3) is 0 Å². The molecule has 0 saturated heterocycles. The fourth-order valence-corrected chi connectivity index (χ4v) is 1.97. The molecule has 0 amide bonds. The highest BCUT2D eigenvalue weighted by Crippen LogP contribution is 2.03. The molecule has 0 rings (SSSR count). The van der Waals surface area contributed by atoms with Crippen molar-refractivity contribution in [1.82, 2.24) is 9.44 Å².